The van der Waals surface area contributed by atoms with Crippen LogP contribution in [0.5, 0.6) is 11.6 Å². The van der Waals surface area contributed by atoms with Gasteiger partial charge in [0.2, 0.25) is 11.8 Å². The van der Waals surface area contributed by atoms with E-state index in [4.69, 9.17) is 9.72 Å². The Morgan fingerprint density at radius 1 is 1.08 bits per heavy atom. The van der Waals surface area contributed by atoms with Gasteiger partial charge in [-0.05, 0) is 62.6 Å². The number of pyridine rings is 1. The lowest BCUT2D eigenvalue weighted by Crippen LogP contribution is -2.42. The fourth-order valence-electron chi connectivity index (χ4n) is 4.82. The molecule has 0 aliphatic carbocycles. The van der Waals surface area contributed by atoms with Crippen LogP contribution in [0.25, 0.3) is 22.0 Å². The van der Waals surface area contributed by atoms with Crippen LogP contribution in [0.3, 0.4) is 0 Å². The van der Waals surface area contributed by atoms with E-state index in [1.54, 1.807) is 19.3 Å². The highest BCUT2D eigenvalue weighted by Gasteiger charge is 2.20. The van der Waals surface area contributed by atoms with Crippen molar-refractivity contribution in [1.29, 1.82) is 0 Å². The molecule has 5 rings (SSSR count). The van der Waals surface area contributed by atoms with Crippen molar-refractivity contribution in [3.8, 4) is 22.9 Å². The third-order valence-electron chi connectivity index (χ3n) is 6.57. The Labute approximate surface area is 217 Å². The first-order valence-electron chi connectivity index (χ1n) is 12.9. The van der Waals surface area contributed by atoms with E-state index in [0.29, 0.717) is 30.3 Å². The summed E-state index contributed by atoms with van der Waals surface area (Å²) in [5, 5.41) is 22.0. The highest BCUT2D eigenvalue weighted by Crippen LogP contribution is 2.39. The molecular weight excluding hydrogens is 464 g/mol. The molecule has 0 radical (unpaired) electrons. The standard InChI is InChI=1S/C29H34N6O2/c1-18-13-21(17-30-15-18)34-29-32-12-10-25(35-29)24-9-6-11-31-28(24)37-27-19(2)14-26(33-16-20(3)36)22-7-4-5-8-23(22)27/h4-12,14,18,20-21,30,33,36H,13,15-17H2,1-3H3,(H,32,34,35)/t18-,20?,21+/m1/s1. The van der Waals surface area contributed by atoms with Crippen LogP contribution in [0, 0.1) is 12.8 Å². The summed E-state index contributed by atoms with van der Waals surface area (Å²) in [4.78, 5) is 13.8. The fraction of sp³-hybridized carbons (Fsp3) is 0.345. The summed E-state index contributed by atoms with van der Waals surface area (Å²) in [6, 6.07) is 16.2. The number of hydrogen-bond acceptors (Lipinski definition) is 8. The van der Waals surface area contributed by atoms with Crippen molar-refractivity contribution in [1.82, 2.24) is 20.3 Å². The number of anilines is 2. The minimum atomic E-state index is -0.448. The second-order valence-corrected chi connectivity index (χ2v) is 9.91. The third-order valence-corrected chi connectivity index (χ3v) is 6.57. The predicted octanol–water partition coefficient (Wildman–Crippen LogP) is 5.00. The topological polar surface area (TPSA) is 104 Å². The number of ether oxygens (including phenoxy) is 1. The summed E-state index contributed by atoms with van der Waals surface area (Å²) in [5.41, 5.74) is 3.46. The number of rotatable bonds is 8. The molecule has 37 heavy (non-hydrogen) atoms. The van der Waals surface area contributed by atoms with Crippen molar-refractivity contribution in [3.05, 3.63) is 66.5 Å². The number of aromatic nitrogens is 3. The molecule has 3 heterocycles. The highest BCUT2D eigenvalue weighted by molar-refractivity contribution is 5.99. The molecule has 0 bridgehead atoms. The molecule has 1 aliphatic heterocycles. The number of aliphatic hydroxyl groups is 1. The zero-order chi connectivity index (χ0) is 25.8. The van der Waals surface area contributed by atoms with E-state index in [-0.39, 0.29) is 0 Å². The molecule has 1 unspecified atom stereocenters. The number of fused-ring (bicyclic) bond motifs is 1. The lowest BCUT2D eigenvalue weighted by atomic mass is 9.98. The van der Waals surface area contributed by atoms with Gasteiger partial charge in [0.05, 0.1) is 17.4 Å². The van der Waals surface area contributed by atoms with Gasteiger partial charge in [-0.1, -0.05) is 31.2 Å². The number of nitrogens with zero attached hydrogens (tertiary/aromatic N) is 3. The summed E-state index contributed by atoms with van der Waals surface area (Å²) in [6.45, 7) is 8.44. The summed E-state index contributed by atoms with van der Waals surface area (Å²) < 4.78 is 6.51. The quantitative estimate of drug-likeness (QED) is 0.269. The Kier molecular flexibility index (Phi) is 7.48. The van der Waals surface area contributed by atoms with Gasteiger partial charge in [-0.25, -0.2) is 15.0 Å². The van der Waals surface area contributed by atoms with Crippen LogP contribution in [-0.2, 0) is 0 Å². The zero-order valence-electron chi connectivity index (χ0n) is 21.5. The van der Waals surface area contributed by atoms with E-state index in [9.17, 15) is 5.11 Å². The van der Waals surface area contributed by atoms with Gasteiger partial charge in [0.15, 0.2) is 0 Å². The maximum Gasteiger partial charge on any atom is 0.228 e. The molecule has 1 aliphatic rings. The van der Waals surface area contributed by atoms with Gasteiger partial charge in [-0.2, -0.15) is 0 Å². The number of aliphatic hydroxyl groups excluding tert-OH is 1. The molecular formula is C29H34N6O2. The smallest absolute Gasteiger partial charge is 0.228 e. The van der Waals surface area contributed by atoms with Gasteiger partial charge in [0.1, 0.15) is 5.75 Å². The van der Waals surface area contributed by atoms with Crippen LogP contribution in [0.1, 0.15) is 25.8 Å². The monoisotopic (exact) mass is 498 g/mol. The SMILES string of the molecule is Cc1cc(NCC(C)O)c2ccccc2c1Oc1ncccc1-c1ccnc(N[C@@H]2CNC[C@H](C)C2)n1. The predicted molar refractivity (Wildman–Crippen MR) is 148 cm³/mol. The number of piperidine rings is 1. The Morgan fingerprint density at radius 2 is 1.92 bits per heavy atom. The van der Waals surface area contributed by atoms with Crippen molar-refractivity contribution in [2.45, 2.75) is 39.3 Å². The molecule has 3 atom stereocenters. The van der Waals surface area contributed by atoms with E-state index in [1.807, 2.05) is 43.3 Å². The molecule has 0 amide bonds. The van der Waals surface area contributed by atoms with Crippen LogP contribution in [0.15, 0.2) is 60.9 Å². The molecule has 192 valence electrons. The molecule has 4 aromatic rings. The van der Waals surface area contributed by atoms with Crippen molar-refractivity contribution >= 4 is 22.4 Å². The molecule has 1 fully saturated rings. The molecule has 8 nitrogen and oxygen atoms in total. The second kappa shape index (κ2) is 11.1. The average Bonchev–Trinajstić information content (AvgIpc) is 2.89. The molecule has 4 N–H and O–H groups in total. The molecule has 0 spiro atoms. The zero-order valence-corrected chi connectivity index (χ0v) is 21.5. The largest absolute Gasteiger partial charge is 0.437 e. The first kappa shape index (κ1) is 24.9. The van der Waals surface area contributed by atoms with Gasteiger partial charge >= 0.3 is 0 Å². The first-order valence-corrected chi connectivity index (χ1v) is 12.9. The maximum atomic E-state index is 9.75. The molecule has 2 aromatic carbocycles. The van der Waals surface area contributed by atoms with E-state index in [1.165, 1.54) is 0 Å². The number of nitrogens with one attached hydrogen (secondary N) is 3. The van der Waals surface area contributed by atoms with Crippen molar-refractivity contribution in [2.24, 2.45) is 5.92 Å². The number of benzene rings is 2. The maximum absolute atomic E-state index is 9.75. The summed E-state index contributed by atoms with van der Waals surface area (Å²) in [7, 11) is 0. The lowest BCUT2D eigenvalue weighted by molar-refractivity contribution is 0.208. The summed E-state index contributed by atoms with van der Waals surface area (Å²) in [5.74, 6) is 2.44. The molecule has 0 saturated carbocycles. The van der Waals surface area contributed by atoms with Gasteiger partial charge < -0.3 is 25.8 Å². The molecule has 1 saturated heterocycles. The average molecular weight is 499 g/mol. The summed E-state index contributed by atoms with van der Waals surface area (Å²) in [6.07, 6.45) is 4.13. The van der Waals surface area contributed by atoms with Gasteiger partial charge in [-0.3, -0.25) is 0 Å². The first-order chi connectivity index (χ1) is 18.0. The van der Waals surface area contributed by atoms with E-state index >= 15 is 0 Å². The van der Waals surface area contributed by atoms with E-state index in [2.05, 4.69) is 45.0 Å². The highest BCUT2D eigenvalue weighted by atomic mass is 16.5. The van der Waals surface area contributed by atoms with Crippen LogP contribution in [0.4, 0.5) is 11.6 Å². The Morgan fingerprint density at radius 3 is 2.73 bits per heavy atom. The lowest BCUT2D eigenvalue weighted by Gasteiger charge is -2.28. The van der Waals surface area contributed by atoms with Crippen LogP contribution in [-0.4, -0.2) is 51.8 Å². The third kappa shape index (κ3) is 5.81. The minimum Gasteiger partial charge on any atom is -0.437 e. The number of hydrogen-bond donors (Lipinski definition) is 4. The van der Waals surface area contributed by atoms with Crippen molar-refractivity contribution in [3.63, 3.8) is 0 Å². The van der Waals surface area contributed by atoms with Crippen LogP contribution < -0.4 is 20.7 Å². The van der Waals surface area contributed by atoms with Gasteiger partial charge in [0.25, 0.3) is 0 Å². The van der Waals surface area contributed by atoms with Crippen LogP contribution in [0.2, 0.25) is 0 Å². The summed E-state index contributed by atoms with van der Waals surface area (Å²) >= 11 is 0. The van der Waals surface area contributed by atoms with Crippen molar-refractivity contribution < 1.29 is 9.84 Å². The number of aryl methyl sites for hydroxylation is 1. The molecule has 8 heteroatoms. The second-order valence-electron chi connectivity index (χ2n) is 9.91. The Hall–Kier alpha value is -3.75. The van der Waals surface area contributed by atoms with Crippen LogP contribution >= 0.6 is 0 Å². The van der Waals surface area contributed by atoms with E-state index < -0.39 is 6.10 Å². The molecule has 2 aromatic heterocycles. The van der Waals surface area contributed by atoms with Gasteiger partial charge in [-0.15, -0.1) is 0 Å². The van der Waals surface area contributed by atoms with Gasteiger partial charge in [0, 0.05) is 48.0 Å². The Bertz CT molecular complexity index is 1380. The van der Waals surface area contributed by atoms with E-state index in [0.717, 1.165) is 58.5 Å². The van der Waals surface area contributed by atoms with Crippen molar-refractivity contribution in [2.75, 3.05) is 30.3 Å². The fourth-order valence-corrected chi connectivity index (χ4v) is 4.82. The Balaban J connectivity index is 1.46. The normalized spacial score (nSPS) is 18.4. The minimum absolute atomic E-state index is 0.290.